The van der Waals surface area contributed by atoms with Gasteiger partial charge in [0, 0.05) is 19.2 Å². The van der Waals surface area contributed by atoms with E-state index in [0.717, 1.165) is 29.7 Å². The lowest BCUT2D eigenvalue weighted by molar-refractivity contribution is -0.137. The monoisotopic (exact) mass is 351 g/mol. The van der Waals surface area contributed by atoms with Crippen molar-refractivity contribution in [3.05, 3.63) is 65.5 Å². The van der Waals surface area contributed by atoms with Crippen LogP contribution in [0, 0.1) is 6.92 Å². The largest absolute Gasteiger partial charge is 0.344 e. The van der Waals surface area contributed by atoms with E-state index in [0.29, 0.717) is 25.9 Å². The van der Waals surface area contributed by atoms with Crippen molar-refractivity contribution >= 4 is 11.8 Å². The summed E-state index contributed by atoms with van der Waals surface area (Å²) in [7, 11) is 0. The first-order valence-corrected chi connectivity index (χ1v) is 9.16. The molecule has 1 unspecified atom stereocenters. The molecule has 1 saturated heterocycles. The SMILES string of the molecule is Cc1ccccc1CN(Cc1ccccn1)C(=O)C1CCCCC(=O)N1. The number of hydrogen-bond donors (Lipinski definition) is 1. The number of benzene rings is 1. The number of aromatic nitrogens is 1. The van der Waals surface area contributed by atoms with Gasteiger partial charge in [0.1, 0.15) is 6.04 Å². The van der Waals surface area contributed by atoms with Gasteiger partial charge in [0.15, 0.2) is 0 Å². The number of hydrogen-bond acceptors (Lipinski definition) is 3. The smallest absolute Gasteiger partial charge is 0.245 e. The number of carbonyl (C=O) groups excluding carboxylic acids is 2. The minimum atomic E-state index is -0.447. The van der Waals surface area contributed by atoms with Crippen molar-refractivity contribution < 1.29 is 9.59 Å². The van der Waals surface area contributed by atoms with E-state index < -0.39 is 6.04 Å². The second-order valence-electron chi connectivity index (χ2n) is 6.81. The standard InChI is InChI=1S/C21H25N3O2/c1-16-8-2-3-9-17(16)14-24(15-18-10-6-7-13-22-18)21(26)19-11-4-5-12-20(25)23-19/h2-3,6-10,13,19H,4-5,11-12,14-15H2,1H3,(H,23,25). The summed E-state index contributed by atoms with van der Waals surface area (Å²) in [6.07, 6.45) is 4.66. The Hall–Kier alpha value is -2.69. The Labute approximate surface area is 154 Å². The van der Waals surface area contributed by atoms with Crippen LogP contribution in [0.4, 0.5) is 0 Å². The average molecular weight is 351 g/mol. The van der Waals surface area contributed by atoms with Crippen molar-refractivity contribution in [2.45, 2.75) is 51.7 Å². The second kappa shape index (κ2) is 8.61. The number of aryl methyl sites for hydroxylation is 1. The average Bonchev–Trinajstić information content (AvgIpc) is 2.87. The molecule has 2 amide bonds. The highest BCUT2D eigenvalue weighted by Gasteiger charge is 2.28. The van der Waals surface area contributed by atoms with Gasteiger partial charge in [0.05, 0.1) is 12.2 Å². The van der Waals surface area contributed by atoms with Crippen molar-refractivity contribution in [3.8, 4) is 0 Å². The van der Waals surface area contributed by atoms with Crippen LogP contribution in [0.5, 0.6) is 0 Å². The maximum Gasteiger partial charge on any atom is 0.245 e. The molecule has 1 aromatic carbocycles. The first-order chi connectivity index (χ1) is 12.6. The molecule has 0 bridgehead atoms. The summed E-state index contributed by atoms with van der Waals surface area (Å²) in [6, 6.07) is 13.3. The minimum Gasteiger partial charge on any atom is -0.344 e. The quantitative estimate of drug-likeness (QED) is 0.901. The molecule has 1 fully saturated rings. The van der Waals surface area contributed by atoms with E-state index in [9.17, 15) is 9.59 Å². The Morgan fingerprint density at radius 3 is 2.73 bits per heavy atom. The fraction of sp³-hybridized carbons (Fsp3) is 0.381. The van der Waals surface area contributed by atoms with E-state index in [2.05, 4.69) is 10.3 Å². The highest BCUT2D eigenvalue weighted by molar-refractivity contribution is 5.88. The zero-order valence-corrected chi connectivity index (χ0v) is 15.1. The van der Waals surface area contributed by atoms with Crippen LogP contribution in [0.15, 0.2) is 48.7 Å². The minimum absolute atomic E-state index is 0.0328. The Balaban J connectivity index is 1.82. The van der Waals surface area contributed by atoms with E-state index in [4.69, 9.17) is 0 Å². The fourth-order valence-corrected chi connectivity index (χ4v) is 3.27. The van der Waals surface area contributed by atoms with Crippen LogP contribution < -0.4 is 5.32 Å². The van der Waals surface area contributed by atoms with Gasteiger partial charge in [-0.05, 0) is 43.0 Å². The molecule has 1 N–H and O–H groups in total. The first-order valence-electron chi connectivity index (χ1n) is 9.16. The van der Waals surface area contributed by atoms with Crippen LogP contribution in [0.1, 0.15) is 42.5 Å². The Kier molecular flexibility index (Phi) is 6.00. The molecule has 0 radical (unpaired) electrons. The van der Waals surface area contributed by atoms with Gasteiger partial charge in [0.25, 0.3) is 0 Å². The second-order valence-corrected chi connectivity index (χ2v) is 6.81. The Morgan fingerprint density at radius 1 is 1.15 bits per heavy atom. The van der Waals surface area contributed by atoms with Crippen LogP contribution in [0.2, 0.25) is 0 Å². The number of rotatable bonds is 5. The third-order valence-corrected chi connectivity index (χ3v) is 4.79. The highest BCUT2D eigenvalue weighted by atomic mass is 16.2. The number of carbonyl (C=O) groups is 2. The van der Waals surface area contributed by atoms with Gasteiger partial charge in [-0.1, -0.05) is 36.8 Å². The summed E-state index contributed by atoms with van der Waals surface area (Å²) in [4.78, 5) is 31.3. The lowest BCUT2D eigenvalue weighted by atomic mass is 10.1. The summed E-state index contributed by atoms with van der Waals surface area (Å²) >= 11 is 0. The zero-order valence-electron chi connectivity index (χ0n) is 15.1. The number of nitrogens with zero attached hydrogens (tertiary/aromatic N) is 2. The van der Waals surface area contributed by atoms with Gasteiger partial charge in [0.2, 0.25) is 11.8 Å². The lowest BCUT2D eigenvalue weighted by Crippen LogP contribution is -2.47. The molecule has 1 aliphatic rings. The van der Waals surface area contributed by atoms with Gasteiger partial charge in [-0.3, -0.25) is 14.6 Å². The maximum atomic E-state index is 13.2. The van der Waals surface area contributed by atoms with E-state index in [1.807, 2.05) is 49.4 Å². The molecule has 1 aromatic heterocycles. The summed E-state index contributed by atoms with van der Waals surface area (Å²) in [5.74, 6) is -0.0660. The van der Waals surface area contributed by atoms with Gasteiger partial charge < -0.3 is 10.2 Å². The predicted octanol–water partition coefficient (Wildman–Crippen LogP) is 2.98. The number of amides is 2. The lowest BCUT2D eigenvalue weighted by Gasteiger charge is -2.27. The van der Waals surface area contributed by atoms with Gasteiger partial charge >= 0.3 is 0 Å². The molecular weight excluding hydrogens is 326 g/mol. The van der Waals surface area contributed by atoms with Crippen LogP contribution in [0.3, 0.4) is 0 Å². The van der Waals surface area contributed by atoms with Crippen molar-refractivity contribution in [2.24, 2.45) is 0 Å². The summed E-state index contributed by atoms with van der Waals surface area (Å²) < 4.78 is 0. The van der Waals surface area contributed by atoms with Crippen LogP contribution in [-0.2, 0) is 22.7 Å². The summed E-state index contributed by atoms with van der Waals surface area (Å²) in [5.41, 5.74) is 3.10. The van der Waals surface area contributed by atoms with Crippen molar-refractivity contribution in [3.63, 3.8) is 0 Å². The van der Waals surface area contributed by atoms with E-state index >= 15 is 0 Å². The first kappa shape index (κ1) is 18.1. The normalized spacial score (nSPS) is 17.3. The van der Waals surface area contributed by atoms with Gasteiger partial charge in [-0.15, -0.1) is 0 Å². The molecule has 5 heteroatoms. The Bertz CT molecular complexity index is 761. The molecule has 1 aliphatic heterocycles. The third kappa shape index (κ3) is 4.69. The molecule has 0 saturated carbocycles. The Morgan fingerprint density at radius 2 is 1.96 bits per heavy atom. The van der Waals surface area contributed by atoms with Gasteiger partial charge in [-0.2, -0.15) is 0 Å². The zero-order chi connectivity index (χ0) is 18.4. The molecule has 2 heterocycles. The van der Waals surface area contributed by atoms with E-state index in [1.54, 1.807) is 11.1 Å². The molecular formula is C21H25N3O2. The topological polar surface area (TPSA) is 62.3 Å². The predicted molar refractivity (Wildman–Crippen MR) is 100 cm³/mol. The fourth-order valence-electron chi connectivity index (χ4n) is 3.27. The van der Waals surface area contributed by atoms with Gasteiger partial charge in [-0.25, -0.2) is 0 Å². The van der Waals surface area contributed by atoms with Crippen LogP contribution >= 0.6 is 0 Å². The summed E-state index contributed by atoms with van der Waals surface area (Å²) in [5, 5.41) is 2.89. The maximum absolute atomic E-state index is 13.2. The van der Waals surface area contributed by atoms with Crippen molar-refractivity contribution in [1.82, 2.24) is 15.2 Å². The third-order valence-electron chi connectivity index (χ3n) is 4.79. The number of pyridine rings is 1. The molecule has 0 aliphatic carbocycles. The van der Waals surface area contributed by atoms with E-state index in [-0.39, 0.29) is 11.8 Å². The van der Waals surface area contributed by atoms with Crippen LogP contribution in [0.25, 0.3) is 0 Å². The van der Waals surface area contributed by atoms with Crippen molar-refractivity contribution in [2.75, 3.05) is 0 Å². The molecule has 0 spiro atoms. The number of nitrogens with one attached hydrogen (secondary N) is 1. The molecule has 5 nitrogen and oxygen atoms in total. The van der Waals surface area contributed by atoms with Crippen molar-refractivity contribution in [1.29, 1.82) is 0 Å². The highest BCUT2D eigenvalue weighted by Crippen LogP contribution is 2.17. The molecule has 136 valence electrons. The molecule has 2 aromatic rings. The van der Waals surface area contributed by atoms with E-state index in [1.165, 1.54) is 0 Å². The molecule has 1 atom stereocenters. The summed E-state index contributed by atoms with van der Waals surface area (Å²) in [6.45, 7) is 2.99. The molecule has 26 heavy (non-hydrogen) atoms. The molecule has 3 rings (SSSR count). The van der Waals surface area contributed by atoms with Crippen LogP contribution in [-0.4, -0.2) is 27.7 Å².